The van der Waals surface area contributed by atoms with E-state index in [2.05, 4.69) is 53.7 Å². The van der Waals surface area contributed by atoms with Gasteiger partial charge in [-0.15, -0.1) is 0 Å². The third-order valence-electron chi connectivity index (χ3n) is 5.99. The molecule has 26 heavy (non-hydrogen) atoms. The Balaban J connectivity index is 1.69. The Morgan fingerprint density at radius 2 is 2.00 bits per heavy atom. The van der Waals surface area contributed by atoms with E-state index in [-0.39, 0.29) is 10.8 Å². The average molecular weight is 351 g/mol. The summed E-state index contributed by atoms with van der Waals surface area (Å²) in [4.78, 5) is 9.49. The first-order valence-corrected chi connectivity index (χ1v) is 9.64. The molecule has 1 saturated heterocycles. The number of rotatable bonds is 4. The first-order valence-electron chi connectivity index (χ1n) is 9.64. The zero-order valence-electron chi connectivity index (χ0n) is 15.8. The van der Waals surface area contributed by atoms with Crippen LogP contribution in [0.2, 0.25) is 0 Å². The number of nitrogens with zero attached hydrogens (tertiary/aromatic N) is 2. The molecule has 5 nitrogen and oxygen atoms in total. The Morgan fingerprint density at radius 1 is 1.23 bits per heavy atom. The molecule has 138 valence electrons. The Morgan fingerprint density at radius 3 is 2.77 bits per heavy atom. The maximum Gasteiger partial charge on any atom is 0.223 e. The molecule has 4 rings (SSSR count). The van der Waals surface area contributed by atoms with Gasteiger partial charge in [-0.05, 0) is 55.4 Å². The van der Waals surface area contributed by atoms with Gasteiger partial charge < -0.3 is 16.4 Å². The van der Waals surface area contributed by atoms with Gasteiger partial charge >= 0.3 is 0 Å². The Labute approximate surface area is 155 Å². The van der Waals surface area contributed by atoms with Gasteiger partial charge in [-0.2, -0.15) is 0 Å². The molecule has 2 aliphatic rings. The highest BCUT2D eigenvalue weighted by Crippen LogP contribution is 2.46. The highest BCUT2D eigenvalue weighted by molar-refractivity contribution is 5.72. The molecule has 0 bridgehead atoms. The van der Waals surface area contributed by atoms with E-state index < -0.39 is 0 Å². The molecule has 0 unspecified atom stereocenters. The molecule has 4 N–H and O–H groups in total. The lowest BCUT2D eigenvalue weighted by Gasteiger charge is -2.42. The van der Waals surface area contributed by atoms with Crippen LogP contribution in [0.1, 0.15) is 37.8 Å². The van der Waals surface area contributed by atoms with Gasteiger partial charge in [0, 0.05) is 23.7 Å². The average Bonchev–Trinajstić information content (AvgIpc) is 2.68. The summed E-state index contributed by atoms with van der Waals surface area (Å²) >= 11 is 0. The fourth-order valence-electron chi connectivity index (χ4n) is 4.21. The van der Waals surface area contributed by atoms with Crippen LogP contribution in [0.5, 0.6) is 0 Å². The van der Waals surface area contributed by atoms with Crippen LogP contribution in [-0.2, 0) is 11.8 Å². The third-order valence-corrected chi connectivity index (χ3v) is 5.99. The maximum absolute atomic E-state index is 5.84. The van der Waals surface area contributed by atoms with Crippen molar-refractivity contribution < 1.29 is 0 Å². The molecule has 0 amide bonds. The van der Waals surface area contributed by atoms with Crippen molar-refractivity contribution in [2.24, 2.45) is 11.1 Å². The first-order chi connectivity index (χ1) is 12.5. The summed E-state index contributed by atoms with van der Waals surface area (Å²) in [7, 11) is 0. The van der Waals surface area contributed by atoms with Gasteiger partial charge in [-0.1, -0.05) is 38.1 Å². The molecule has 5 heteroatoms. The standard InChI is InChI=1S/C21H29N5/c1-20(2,13-22)14-25-19-24-12-15-11-21(7-9-23-10-8-21)17-6-4-3-5-16(17)18(15)26-19/h3-6,12,23H,7-11,13-14,22H2,1-2H3,(H,24,25,26). The fourth-order valence-corrected chi connectivity index (χ4v) is 4.21. The van der Waals surface area contributed by atoms with Crippen molar-refractivity contribution in [2.45, 2.75) is 38.5 Å². The number of fused-ring (bicyclic) bond motifs is 4. The minimum absolute atomic E-state index is 0.0241. The highest BCUT2D eigenvalue weighted by Gasteiger charge is 2.40. The molecular formula is C21H29N5. The third kappa shape index (κ3) is 3.10. The zero-order valence-corrected chi connectivity index (χ0v) is 15.8. The lowest BCUT2D eigenvalue weighted by molar-refractivity contribution is 0.302. The first kappa shape index (κ1) is 17.4. The van der Waals surface area contributed by atoms with Crippen LogP contribution >= 0.6 is 0 Å². The normalized spacial score (nSPS) is 18.3. The summed E-state index contributed by atoms with van der Waals surface area (Å²) < 4.78 is 0. The van der Waals surface area contributed by atoms with E-state index in [0.29, 0.717) is 12.5 Å². The van der Waals surface area contributed by atoms with Crippen LogP contribution < -0.4 is 16.4 Å². The second-order valence-corrected chi connectivity index (χ2v) is 8.54. The molecule has 1 aromatic heterocycles. The van der Waals surface area contributed by atoms with E-state index in [1.165, 1.54) is 29.5 Å². The highest BCUT2D eigenvalue weighted by atomic mass is 15.1. The SMILES string of the molecule is CC(C)(CN)CNc1ncc2c(n1)-c1ccccc1C1(CCNCC1)C2. The number of piperidine rings is 1. The molecule has 2 heterocycles. The zero-order chi connectivity index (χ0) is 18.2. The summed E-state index contributed by atoms with van der Waals surface area (Å²) in [5.41, 5.74) is 11.2. The second kappa shape index (κ2) is 6.63. The van der Waals surface area contributed by atoms with Gasteiger partial charge in [0.25, 0.3) is 0 Å². The number of aromatic nitrogens is 2. The molecule has 2 aromatic rings. The van der Waals surface area contributed by atoms with Gasteiger partial charge in [0.1, 0.15) is 0 Å². The van der Waals surface area contributed by atoms with Crippen LogP contribution in [-0.4, -0.2) is 36.1 Å². The fraction of sp³-hybridized carbons (Fsp3) is 0.524. The minimum atomic E-state index is 0.0241. The van der Waals surface area contributed by atoms with E-state index in [1.54, 1.807) is 0 Å². The van der Waals surface area contributed by atoms with Gasteiger partial charge in [-0.25, -0.2) is 9.97 Å². The lowest BCUT2D eigenvalue weighted by atomic mass is 9.64. The second-order valence-electron chi connectivity index (χ2n) is 8.54. The monoisotopic (exact) mass is 351 g/mol. The van der Waals surface area contributed by atoms with Crippen molar-refractivity contribution in [1.29, 1.82) is 0 Å². The molecule has 1 aliphatic heterocycles. The molecule has 1 aromatic carbocycles. The van der Waals surface area contributed by atoms with Crippen molar-refractivity contribution in [1.82, 2.24) is 15.3 Å². The summed E-state index contributed by atoms with van der Waals surface area (Å²) in [6, 6.07) is 8.81. The predicted molar refractivity (Wildman–Crippen MR) is 106 cm³/mol. The Hall–Kier alpha value is -1.98. The number of nitrogens with two attached hydrogens (primary N) is 1. The van der Waals surface area contributed by atoms with Crippen molar-refractivity contribution in [3.05, 3.63) is 41.6 Å². The predicted octanol–water partition coefficient (Wildman–Crippen LogP) is 2.72. The summed E-state index contributed by atoms with van der Waals surface area (Å²) in [5.74, 6) is 0.696. The van der Waals surface area contributed by atoms with Crippen molar-refractivity contribution >= 4 is 5.95 Å². The van der Waals surface area contributed by atoms with Crippen LogP contribution in [0.15, 0.2) is 30.5 Å². The maximum atomic E-state index is 5.84. The summed E-state index contributed by atoms with van der Waals surface area (Å²) in [6.45, 7) is 7.85. The van der Waals surface area contributed by atoms with E-state index in [0.717, 1.165) is 31.7 Å². The van der Waals surface area contributed by atoms with Crippen molar-refractivity contribution in [2.75, 3.05) is 31.5 Å². The molecule has 0 saturated carbocycles. The van der Waals surface area contributed by atoms with Gasteiger partial charge in [0.2, 0.25) is 5.95 Å². The van der Waals surface area contributed by atoms with E-state index >= 15 is 0 Å². The number of anilines is 1. The van der Waals surface area contributed by atoms with Gasteiger partial charge in [0.05, 0.1) is 5.69 Å². The van der Waals surface area contributed by atoms with Crippen LogP contribution in [0.3, 0.4) is 0 Å². The largest absolute Gasteiger partial charge is 0.354 e. The van der Waals surface area contributed by atoms with Gasteiger partial charge in [-0.3, -0.25) is 0 Å². The lowest BCUT2D eigenvalue weighted by Crippen LogP contribution is -2.43. The molecule has 0 atom stereocenters. The van der Waals surface area contributed by atoms with Crippen LogP contribution in [0.25, 0.3) is 11.3 Å². The molecule has 1 fully saturated rings. The Bertz CT molecular complexity index is 793. The minimum Gasteiger partial charge on any atom is -0.354 e. The Kier molecular flexibility index (Phi) is 4.45. The van der Waals surface area contributed by atoms with Gasteiger partial charge in [0.15, 0.2) is 0 Å². The van der Waals surface area contributed by atoms with E-state index in [4.69, 9.17) is 10.7 Å². The van der Waals surface area contributed by atoms with Crippen molar-refractivity contribution in [3.8, 4) is 11.3 Å². The molecular weight excluding hydrogens is 322 g/mol. The number of hydrogen-bond donors (Lipinski definition) is 3. The van der Waals surface area contributed by atoms with Crippen LogP contribution in [0, 0.1) is 5.41 Å². The quantitative estimate of drug-likeness (QED) is 0.790. The molecule has 0 radical (unpaired) electrons. The number of nitrogens with one attached hydrogen (secondary N) is 2. The molecule has 1 aliphatic carbocycles. The van der Waals surface area contributed by atoms with E-state index in [1.807, 2.05) is 6.20 Å². The van der Waals surface area contributed by atoms with Crippen molar-refractivity contribution in [3.63, 3.8) is 0 Å². The summed E-state index contributed by atoms with van der Waals surface area (Å²) in [5, 5.41) is 6.88. The topological polar surface area (TPSA) is 75.9 Å². The van der Waals surface area contributed by atoms with E-state index in [9.17, 15) is 0 Å². The molecule has 1 spiro atoms. The smallest absolute Gasteiger partial charge is 0.223 e. The summed E-state index contributed by atoms with van der Waals surface area (Å²) in [6.07, 6.45) is 5.41. The number of hydrogen-bond acceptors (Lipinski definition) is 5. The van der Waals surface area contributed by atoms with Crippen LogP contribution in [0.4, 0.5) is 5.95 Å². The number of benzene rings is 1.